The van der Waals surface area contributed by atoms with E-state index in [0.717, 1.165) is 24.1 Å². The summed E-state index contributed by atoms with van der Waals surface area (Å²) >= 11 is 0. The van der Waals surface area contributed by atoms with Crippen LogP contribution in [0.5, 0.6) is 0 Å². The maximum absolute atomic E-state index is 12.0. The van der Waals surface area contributed by atoms with Gasteiger partial charge in [-0.05, 0) is 37.1 Å². The van der Waals surface area contributed by atoms with E-state index >= 15 is 0 Å². The van der Waals surface area contributed by atoms with Crippen molar-refractivity contribution in [2.75, 3.05) is 5.32 Å². The van der Waals surface area contributed by atoms with Crippen LogP contribution in [0.25, 0.3) is 11.4 Å². The minimum atomic E-state index is -0.141. The van der Waals surface area contributed by atoms with E-state index in [2.05, 4.69) is 20.8 Å². The van der Waals surface area contributed by atoms with Crippen LogP contribution in [-0.2, 0) is 6.42 Å². The number of hydrogen-bond donors (Lipinski definition) is 2. The first-order chi connectivity index (χ1) is 11.2. The Morgan fingerprint density at radius 3 is 2.61 bits per heavy atom. The second kappa shape index (κ2) is 7.26. The molecule has 0 saturated heterocycles. The number of anilines is 1. The fraction of sp³-hybridized carbons (Fsp3) is 0.471. The monoisotopic (exact) mass is 314 g/mol. The highest BCUT2D eigenvalue weighted by Gasteiger charge is 2.15. The first-order valence-corrected chi connectivity index (χ1v) is 8.25. The number of aromatic nitrogens is 2. The molecule has 23 heavy (non-hydrogen) atoms. The summed E-state index contributed by atoms with van der Waals surface area (Å²) in [6.07, 6.45) is 6.53. The quantitative estimate of drug-likeness (QED) is 0.900. The van der Waals surface area contributed by atoms with Crippen LogP contribution in [0.2, 0.25) is 0 Å². The fourth-order valence-electron chi connectivity index (χ4n) is 2.82. The van der Waals surface area contributed by atoms with Crippen molar-refractivity contribution in [2.45, 2.75) is 51.5 Å². The van der Waals surface area contributed by atoms with Gasteiger partial charge in [-0.25, -0.2) is 4.79 Å². The molecule has 0 bridgehead atoms. The van der Waals surface area contributed by atoms with Crippen molar-refractivity contribution in [3.63, 3.8) is 0 Å². The summed E-state index contributed by atoms with van der Waals surface area (Å²) in [5.41, 5.74) is 1.62. The summed E-state index contributed by atoms with van der Waals surface area (Å²) in [7, 11) is 0. The minimum Gasteiger partial charge on any atom is -0.339 e. The van der Waals surface area contributed by atoms with E-state index in [1.165, 1.54) is 19.3 Å². The van der Waals surface area contributed by atoms with Gasteiger partial charge < -0.3 is 15.2 Å². The average molecular weight is 314 g/mol. The van der Waals surface area contributed by atoms with Gasteiger partial charge in [-0.15, -0.1) is 0 Å². The predicted octanol–water partition coefficient (Wildman–Crippen LogP) is 3.75. The SMILES string of the molecule is CCc1nc(-c2ccc(NC(=O)NC3CCCCC3)cc2)no1. The van der Waals surface area contributed by atoms with Crippen molar-refractivity contribution in [1.82, 2.24) is 15.5 Å². The van der Waals surface area contributed by atoms with Crippen LogP contribution in [0.3, 0.4) is 0 Å². The first-order valence-electron chi connectivity index (χ1n) is 8.25. The molecule has 2 amide bonds. The molecule has 1 aliphatic rings. The molecule has 0 radical (unpaired) electrons. The molecule has 0 spiro atoms. The third-order valence-corrected chi connectivity index (χ3v) is 4.11. The molecule has 3 rings (SSSR count). The fourth-order valence-corrected chi connectivity index (χ4v) is 2.82. The summed E-state index contributed by atoms with van der Waals surface area (Å²) in [6.45, 7) is 1.97. The van der Waals surface area contributed by atoms with Crippen LogP contribution < -0.4 is 10.6 Å². The normalized spacial score (nSPS) is 15.3. The zero-order valence-electron chi connectivity index (χ0n) is 13.3. The van der Waals surface area contributed by atoms with Gasteiger partial charge >= 0.3 is 6.03 Å². The molecular formula is C17H22N4O2. The molecule has 1 aromatic carbocycles. The number of nitrogens with zero attached hydrogens (tertiary/aromatic N) is 2. The van der Waals surface area contributed by atoms with Crippen molar-refractivity contribution in [2.24, 2.45) is 0 Å². The van der Waals surface area contributed by atoms with E-state index in [1.54, 1.807) is 0 Å². The molecule has 122 valence electrons. The number of nitrogens with one attached hydrogen (secondary N) is 2. The van der Waals surface area contributed by atoms with Crippen molar-refractivity contribution in [1.29, 1.82) is 0 Å². The van der Waals surface area contributed by atoms with Crippen molar-refractivity contribution in [3.05, 3.63) is 30.2 Å². The maximum atomic E-state index is 12.0. The number of carbonyl (C=O) groups excluding carboxylic acids is 1. The van der Waals surface area contributed by atoms with Crippen LogP contribution in [0.15, 0.2) is 28.8 Å². The Morgan fingerprint density at radius 1 is 1.22 bits per heavy atom. The molecule has 0 unspecified atom stereocenters. The van der Waals surface area contributed by atoms with E-state index in [0.29, 0.717) is 24.2 Å². The highest BCUT2D eigenvalue weighted by molar-refractivity contribution is 5.89. The molecule has 2 aromatic rings. The zero-order chi connectivity index (χ0) is 16.1. The van der Waals surface area contributed by atoms with E-state index in [-0.39, 0.29) is 6.03 Å². The minimum absolute atomic E-state index is 0.141. The van der Waals surface area contributed by atoms with Gasteiger partial charge in [-0.1, -0.05) is 31.3 Å². The highest BCUT2D eigenvalue weighted by Crippen LogP contribution is 2.20. The van der Waals surface area contributed by atoms with Gasteiger partial charge in [0.2, 0.25) is 11.7 Å². The number of hydrogen-bond acceptors (Lipinski definition) is 4. The van der Waals surface area contributed by atoms with Crippen LogP contribution >= 0.6 is 0 Å². The summed E-state index contributed by atoms with van der Waals surface area (Å²) < 4.78 is 5.11. The molecule has 1 aliphatic carbocycles. The van der Waals surface area contributed by atoms with Crippen LogP contribution in [-0.4, -0.2) is 22.2 Å². The number of rotatable bonds is 4. The average Bonchev–Trinajstić information content (AvgIpc) is 3.05. The summed E-state index contributed by atoms with van der Waals surface area (Å²) in [6, 6.07) is 7.60. The number of benzene rings is 1. The van der Waals surface area contributed by atoms with Gasteiger partial charge in [0.15, 0.2) is 0 Å². The standard InChI is InChI=1S/C17H22N4O2/c1-2-15-20-16(21-23-15)12-8-10-14(11-9-12)19-17(22)18-13-6-4-3-5-7-13/h8-11,13H,2-7H2,1H3,(H2,18,19,22). The Balaban J connectivity index is 1.57. The Kier molecular flexibility index (Phi) is 4.90. The number of carbonyl (C=O) groups is 1. The highest BCUT2D eigenvalue weighted by atomic mass is 16.5. The van der Waals surface area contributed by atoms with Crippen molar-refractivity contribution >= 4 is 11.7 Å². The molecule has 1 aromatic heterocycles. The Labute approximate surface area is 135 Å². The molecule has 6 nitrogen and oxygen atoms in total. The molecule has 2 N–H and O–H groups in total. The van der Waals surface area contributed by atoms with Crippen LogP contribution in [0.1, 0.15) is 44.9 Å². The lowest BCUT2D eigenvalue weighted by molar-refractivity contribution is 0.244. The lowest BCUT2D eigenvalue weighted by Crippen LogP contribution is -2.38. The summed E-state index contributed by atoms with van der Waals surface area (Å²) in [5, 5.41) is 9.84. The molecule has 1 heterocycles. The van der Waals surface area contributed by atoms with Crippen molar-refractivity contribution < 1.29 is 9.32 Å². The van der Waals surface area contributed by atoms with Crippen LogP contribution in [0.4, 0.5) is 10.5 Å². The van der Waals surface area contributed by atoms with Gasteiger partial charge in [0.1, 0.15) is 0 Å². The molecule has 0 aliphatic heterocycles. The van der Waals surface area contributed by atoms with Gasteiger partial charge in [-0.3, -0.25) is 0 Å². The number of aryl methyl sites for hydroxylation is 1. The number of amides is 2. The Bertz CT molecular complexity index is 645. The lowest BCUT2D eigenvalue weighted by atomic mass is 9.96. The van der Waals surface area contributed by atoms with E-state index < -0.39 is 0 Å². The molecule has 6 heteroatoms. The number of urea groups is 1. The van der Waals surface area contributed by atoms with Gasteiger partial charge in [0.25, 0.3) is 0 Å². The molecule has 1 fully saturated rings. The van der Waals surface area contributed by atoms with E-state index in [4.69, 9.17) is 4.52 Å². The maximum Gasteiger partial charge on any atom is 0.319 e. The molecule has 0 atom stereocenters. The van der Waals surface area contributed by atoms with Gasteiger partial charge in [0.05, 0.1) is 0 Å². The van der Waals surface area contributed by atoms with Crippen LogP contribution in [0, 0.1) is 0 Å². The molecular weight excluding hydrogens is 292 g/mol. The third kappa shape index (κ3) is 4.09. The Morgan fingerprint density at radius 2 is 1.96 bits per heavy atom. The topological polar surface area (TPSA) is 80.0 Å². The second-order valence-electron chi connectivity index (χ2n) is 5.88. The zero-order valence-corrected chi connectivity index (χ0v) is 13.3. The third-order valence-electron chi connectivity index (χ3n) is 4.11. The van der Waals surface area contributed by atoms with Gasteiger partial charge in [0, 0.05) is 23.7 Å². The lowest BCUT2D eigenvalue weighted by Gasteiger charge is -2.22. The van der Waals surface area contributed by atoms with E-state index in [1.807, 2.05) is 31.2 Å². The Hall–Kier alpha value is -2.37. The largest absolute Gasteiger partial charge is 0.339 e. The summed E-state index contributed by atoms with van der Waals surface area (Å²) in [5.74, 6) is 1.19. The van der Waals surface area contributed by atoms with E-state index in [9.17, 15) is 4.79 Å². The van der Waals surface area contributed by atoms with Crippen molar-refractivity contribution in [3.8, 4) is 11.4 Å². The first kappa shape index (κ1) is 15.5. The van der Waals surface area contributed by atoms with Gasteiger partial charge in [-0.2, -0.15) is 4.98 Å². The predicted molar refractivity (Wildman–Crippen MR) is 88.1 cm³/mol. The second-order valence-corrected chi connectivity index (χ2v) is 5.88. The smallest absolute Gasteiger partial charge is 0.319 e. The summed E-state index contributed by atoms with van der Waals surface area (Å²) in [4.78, 5) is 16.3. The molecule has 1 saturated carbocycles.